The Morgan fingerprint density at radius 2 is 2.11 bits per heavy atom. The number of furan rings is 1. The van der Waals surface area contributed by atoms with Gasteiger partial charge in [0.2, 0.25) is 10.0 Å². The lowest BCUT2D eigenvalue weighted by atomic mass is 10.3. The van der Waals surface area contributed by atoms with Gasteiger partial charge in [0.15, 0.2) is 0 Å². The fraction of sp³-hybridized carbons (Fsp3) is 0.167. The highest BCUT2D eigenvalue weighted by atomic mass is 32.2. The average Bonchev–Trinajstić information content (AvgIpc) is 2.83. The molecule has 0 aliphatic carbocycles. The van der Waals surface area contributed by atoms with Crippen molar-refractivity contribution in [3.63, 3.8) is 0 Å². The molecule has 7 heteroatoms. The van der Waals surface area contributed by atoms with E-state index >= 15 is 0 Å². The van der Waals surface area contributed by atoms with Gasteiger partial charge in [0.25, 0.3) is 0 Å². The summed E-state index contributed by atoms with van der Waals surface area (Å²) in [5.41, 5.74) is 0.221. The van der Waals surface area contributed by atoms with Crippen molar-refractivity contribution in [2.45, 2.75) is 11.3 Å². The van der Waals surface area contributed by atoms with Gasteiger partial charge in [-0.05, 0) is 30.3 Å². The number of nitrogens with two attached hydrogens (primary N) is 1. The van der Waals surface area contributed by atoms with Crippen LogP contribution in [0.1, 0.15) is 5.76 Å². The van der Waals surface area contributed by atoms with Gasteiger partial charge in [-0.25, -0.2) is 17.9 Å². The van der Waals surface area contributed by atoms with E-state index in [0.29, 0.717) is 13.0 Å². The maximum atomic E-state index is 13.6. The Kier molecular flexibility index (Phi) is 3.87. The molecule has 0 amide bonds. The first kappa shape index (κ1) is 13.6. The van der Waals surface area contributed by atoms with Crippen molar-refractivity contribution < 1.29 is 17.2 Å². The number of rotatable bonds is 5. The molecular weight excluding hydrogens is 271 g/mol. The quantitative estimate of drug-likeness (QED) is 0.875. The van der Waals surface area contributed by atoms with Gasteiger partial charge in [0.1, 0.15) is 11.6 Å². The summed E-state index contributed by atoms with van der Waals surface area (Å²) in [6.45, 7) is 0.471. The maximum absolute atomic E-state index is 13.6. The molecule has 1 aromatic heterocycles. The molecular formula is C12H13FN2O3S. The van der Waals surface area contributed by atoms with Crippen LogP contribution in [0.25, 0.3) is 0 Å². The largest absolute Gasteiger partial charge is 0.469 e. The van der Waals surface area contributed by atoms with E-state index in [1.54, 1.807) is 12.3 Å². The molecule has 5 nitrogen and oxygen atoms in total. The molecule has 0 saturated heterocycles. The smallest absolute Gasteiger partial charge is 0.238 e. The summed E-state index contributed by atoms with van der Waals surface area (Å²) in [5, 5.41) is 7.77. The Labute approximate surface area is 110 Å². The normalized spacial score (nSPS) is 11.5. The fourth-order valence-corrected chi connectivity index (χ4v) is 2.12. The maximum Gasteiger partial charge on any atom is 0.238 e. The predicted octanol–water partition coefficient (Wildman–Crippen LogP) is 1.72. The number of nitrogens with one attached hydrogen (secondary N) is 1. The predicted molar refractivity (Wildman–Crippen MR) is 68.7 cm³/mol. The zero-order valence-electron chi connectivity index (χ0n) is 9.97. The highest BCUT2D eigenvalue weighted by Crippen LogP contribution is 2.18. The van der Waals surface area contributed by atoms with Crippen molar-refractivity contribution in [1.82, 2.24) is 0 Å². The third-order valence-corrected chi connectivity index (χ3v) is 3.45. The molecule has 0 aliphatic rings. The lowest BCUT2D eigenvalue weighted by molar-refractivity contribution is 0.512. The second-order valence-electron chi connectivity index (χ2n) is 3.94. The van der Waals surface area contributed by atoms with Crippen LogP contribution in [0, 0.1) is 5.82 Å². The third kappa shape index (κ3) is 3.55. The molecule has 0 saturated carbocycles. The van der Waals surface area contributed by atoms with Crippen LogP contribution in [0.5, 0.6) is 0 Å². The molecule has 0 aliphatic heterocycles. The van der Waals surface area contributed by atoms with Crippen LogP contribution in [0.3, 0.4) is 0 Å². The molecule has 2 aromatic rings. The Morgan fingerprint density at radius 1 is 1.32 bits per heavy atom. The Balaban J connectivity index is 2.01. The van der Waals surface area contributed by atoms with E-state index in [2.05, 4.69) is 5.32 Å². The van der Waals surface area contributed by atoms with E-state index in [9.17, 15) is 12.8 Å². The highest BCUT2D eigenvalue weighted by Gasteiger charge is 2.11. The molecule has 102 valence electrons. The minimum atomic E-state index is -3.88. The average molecular weight is 284 g/mol. The molecule has 0 radical (unpaired) electrons. The topological polar surface area (TPSA) is 85.3 Å². The van der Waals surface area contributed by atoms with E-state index in [0.717, 1.165) is 11.8 Å². The van der Waals surface area contributed by atoms with Crippen LogP contribution >= 0.6 is 0 Å². The van der Waals surface area contributed by atoms with E-state index in [1.807, 2.05) is 6.07 Å². The van der Waals surface area contributed by atoms with Gasteiger partial charge in [0.05, 0.1) is 16.8 Å². The number of benzene rings is 1. The van der Waals surface area contributed by atoms with Crippen molar-refractivity contribution in [3.05, 3.63) is 48.2 Å². The molecule has 3 N–H and O–H groups in total. The minimum Gasteiger partial charge on any atom is -0.469 e. The first-order valence-electron chi connectivity index (χ1n) is 5.55. The molecule has 2 rings (SSSR count). The number of primary sulfonamides is 1. The molecule has 0 unspecified atom stereocenters. The minimum absolute atomic E-state index is 0.221. The second kappa shape index (κ2) is 5.41. The summed E-state index contributed by atoms with van der Waals surface area (Å²) in [4.78, 5) is -0.249. The standard InChI is InChI=1S/C12H13FN2O3S/c13-11-8-10(19(14,16)17)3-4-12(11)15-6-5-9-2-1-7-18-9/h1-4,7-8,15H,5-6H2,(H2,14,16,17). The SMILES string of the molecule is NS(=O)(=O)c1ccc(NCCc2ccco2)c(F)c1. The highest BCUT2D eigenvalue weighted by molar-refractivity contribution is 7.89. The summed E-state index contributed by atoms with van der Waals surface area (Å²) >= 11 is 0. The number of hydrogen-bond acceptors (Lipinski definition) is 4. The number of sulfonamides is 1. The lowest BCUT2D eigenvalue weighted by Gasteiger charge is -2.07. The van der Waals surface area contributed by atoms with Gasteiger partial charge < -0.3 is 9.73 Å². The van der Waals surface area contributed by atoms with Gasteiger partial charge in [-0.3, -0.25) is 0 Å². The molecule has 0 atom stereocenters. The van der Waals surface area contributed by atoms with Gasteiger partial charge in [0, 0.05) is 13.0 Å². The van der Waals surface area contributed by atoms with E-state index in [1.165, 1.54) is 12.1 Å². The van der Waals surface area contributed by atoms with Crippen LogP contribution in [0.15, 0.2) is 45.9 Å². The van der Waals surface area contributed by atoms with Crippen molar-refractivity contribution in [1.29, 1.82) is 0 Å². The zero-order valence-corrected chi connectivity index (χ0v) is 10.8. The summed E-state index contributed by atoms with van der Waals surface area (Å²) in [7, 11) is -3.88. The lowest BCUT2D eigenvalue weighted by Crippen LogP contribution is -2.13. The number of anilines is 1. The zero-order chi connectivity index (χ0) is 13.9. The van der Waals surface area contributed by atoms with E-state index in [-0.39, 0.29) is 10.6 Å². The summed E-state index contributed by atoms with van der Waals surface area (Å²) in [6, 6.07) is 7.09. The van der Waals surface area contributed by atoms with Crippen LogP contribution < -0.4 is 10.5 Å². The van der Waals surface area contributed by atoms with E-state index in [4.69, 9.17) is 9.56 Å². The van der Waals surface area contributed by atoms with Gasteiger partial charge >= 0.3 is 0 Å². The Hall–Kier alpha value is -1.86. The molecule has 1 heterocycles. The Bertz CT molecular complexity index is 654. The van der Waals surface area contributed by atoms with Crippen molar-refractivity contribution in [3.8, 4) is 0 Å². The van der Waals surface area contributed by atoms with Gasteiger partial charge in [-0.2, -0.15) is 0 Å². The third-order valence-electron chi connectivity index (χ3n) is 2.54. The van der Waals surface area contributed by atoms with Crippen molar-refractivity contribution in [2.75, 3.05) is 11.9 Å². The van der Waals surface area contributed by atoms with Crippen molar-refractivity contribution >= 4 is 15.7 Å². The van der Waals surface area contributed by atoms with Crippen LogP contribution in [0.4, 0.5) is 10.1 Å². The molecule has 0 spiro atoms. The summed E-state index contributed by atoms with van der Waals surface area (Å²) < 4.78 is 40.9. The fourth-order valence-electron chi connectivity index (χ4n) is 1.59. The summed E-state index contributed by atoms with van der Waals surface area (Å²) in [6.07, 6.45) is 2.17. The van der Waals surface area contributed by atoms with Gasteiger partial charge in [-0.1, -0.05) is 0 Å². The van der Waals surface area contributed by atoms with E-state index < -0.39 is 15.8 Å². The second-order valence-corrected chi connectivity index (χ2v) is 5.50. The van der Waals surface area contributed by atoms with Crippen LogP contribution in [-0.4, -0.2) is 15.0 Å². The van der Waals surface area contributed by atoms with Gasteiger partial charge in [-0.15, -0.1) is 0 Å². The van der Waals surface area contributed by atoms with Crippen LogP contribution in [-0.2, 0) is 16.4 Å². The first-order chi connectivity index (χ1) is 8.97. The number of halogens is 1. The molecule has 19 heavy (non-hydrogen) atoms. The monoisotopic (exact) mass is 284 g/mol. The summed E-state index contributed by atoms with van der Waals surface area (Å²) in [5.74, 6) is 0.125. The molecule has 1 aromatic carbocycles. The van der Waals surface area contributed by atoms with Crippen molar-refractivity contribution in [2.24, 2.45) is 5.14 Å². The van der Waals surface area contributed by atoms with Crippen LogP contribution in [0.2, 0.25) is 0 Å². The Morgan fingerprint density at radius 3 is 2.68 bits per heavy atom. The number of hydrogen-bond donors (Lipinski definition) is 2. The molecule has 0 fully saturated rings. The molecule has 0 bridgehead atoms. The first-order valence-corrected chi connectivity index (χ1v) is 7.10.